The van der Waals surface area contributed by atoms with Crippen LogP contribution in [0.15, 0.2) is 24.8 Å². The van der Waals surface area contributed by atoms with Crippen LogP contribution in [0.25, 0.3) is 0 Å². The topological polar surface area (TPSA) is 9.23 Å². The predicted octanol–water partition coefficient (Wildman–Crippen LogP) is 8.19. The zero-order chi connectivity index (χ0) is 20.6. The largest absolute Gasteiger partial charge is 0.490 e. The molecule has 0 radical (unpaired) electrons. The average molecular weight is 405 g/mol. The highest BCUT2D eigenvalue weighted by Gasteiger charge is 2.32. The Hall–Kier alpha value is -1.38. The summed E-state index contributed by atoms with van der Waals surface area (Å²) in [6.07, 6.45) is 16.3. The first-order valence-electron chi connectivity index (χ1n) is 11.9. The summed E-state index contributed by atoms with van der Waals surface area (Å²) in [7, 11) is 0. The van der Waals surface area contributed by atoms with Crippen LogP contribution in [0.4, 0.5) is 8.78 Å². The molecule has 2 aliphatic rings. The van der Waals surface area contributed by atoms with Crippen LogP contribution in [0, 0.1) is 29.4 Å². The van der Waals surface area contributed by atoms with E-state index < -0.39 is 11.6 Å². The second-order valence-electron chi connectivity index (χ2n) is 9.24. The summed E-state index contributed by atoms with van der Waals surface area (Å²) in [5.41, 5.74) is 0.542. The zero-order valence-corrected chi connectivity index (χ0v) is 18.1. The first kappa shape index (κ1) is 22.3. The summed E-state index contributed by atoms with van der Waals surface area (Å²) in [4.78, 5) is 0. The molecule has 0 spiro atoms. The molecule has 0 amide bonds. The number of benzene rings is 1. The fourth-order valence-corrected chi connectivity index (χ4v) is 5.57. The molecule has 2 saturated carbocycles. The van der Waals surface area contributed by atoms with Gasteiger partial charge < -0.3 is 4.74 Å². The second-order valence-corrected chi connectivity index (χ2v) is 9.24. The van der Waals surface area contributed by atoms with Gasteiger partial charge in [0, 0.05) is 0 Å². The van der Waals surface area contributed by atoms with E-state index in [0.29, 0.717) is 18.6 Å². The number of rotatable bonds is 9. The first-order valence-corrected chi connectivity index (χ1v) is 11.9. The zero-order valence-electron chi connectivity index (χ0n) is 18.1. The molecule has 1 nitrogen and oxygen atoms in total. The van der Waals surface area contributed by atoms with E-state index >= 15 is 0 Å². The molecule has 0 aliphatic heterocycles. The van der Waals surface area contributed by atoms with E-state index in [2.05, 4.69) is 13.5 Å². The number of halogens is 2. The number of hydrogen-bond acceptors (Lipinski definition) is 1. The third-order valence-corrected chi connectivity index (χ3v) is 7.39. The van der Waals surface area contributed by atoms with E-state index in [1.165, 1.54) is 44.9 Å². The van der Waals surface area contributed by atoms with Crippen molar-refractivity contribution in [2.75, 3.05) is 6.61 Å². The first-order chi connectivity index (χ1) is 14.1. The van der Waals surface area contributed by atoms with Crippen molar-refractivity contribution in [2.24, 2.45) is 17.8 Å². The highest BCUT2D eigenvalue weighted by Crippen LogP contribution is 2.45. The van der Waals surface area contributed by atoms with Gasteiger partial charge in [0.15, 0.2) is 11.6 Å². The van der Waals surface area contributed by atoms with E-state index in [1.807, 2.05) is 0 Å². The van der Waals surface area contributed by atoms with Gasteiger partial charge in [-0.1, -0.05) is 51.2 Å². The Bertz CT molecular complexity index is 640. The van der Waals surface area contributed by atoms with Gasteiger partial charge in [-0.3, -0.25) is 0 Å². The van der Waals surface area contributed by atoms with Crippen LogP contribution in [0.2, 0.25) is 0 Å². The average Bonchev–Trinajstić information content (AvgIpc) is 2.76. The van der Waals surface area contributed by atoms with E-state index in [0.717, 1.165) is 43.4 Å². The van der Waals surface area contributed by atoms with Gasteiger partial charge >= 0.3 is 0 Å². The molecule has 3 heteroatoms. The van der Waals surface area contributed by atoms with Crippen LogP contribution in [0.1, 0.15) is 95.5 Å². The summed E-state index contributed by atoms with van der Waals surface area (Å²) in [6.45, 7) is 6.22. The van der Waals surface area contributed by atoms with Crippen LogP contribution in [-0.2, 0) is 0 Å². The summed E-state index contributed by atoms with van der Waals surface area (Å²) in [5.74, 6) is 1.21. The van der Waals surface area contributed by atoms with Crippen LogP contribution in [0.5, 0.6) is 5.75 Å². The van der Waals surface area contributed by atoms with Crippen LogP contribution < -0.4 is 4.74 Å². The maximum atomic E-state index is 14.7. The Morgan fingerprint density at radius 2 is 1.62 bits per heavy atom. The molecule has 2 aliphatic carbocycles. The van der Waals surface area contributed by atoms with Gasteiger partial charge in [-0.05, 0) is 80.2 Å². The molecule has 162 valence electrons. The number of ether oxygens (including phenoxy) is 1. The minimum absolute atomic E-state index is 0.0154. The Morgan fingerprint density at radius 1 is 0.966 bits per heavy atom. The van der Waals surface area contributed by atoms with Gasteiger partial charge in [-0.25, -0.2) is 4.39 Å². The van der Waals surface area contributed by atoms with Crippen molar-refractivity contribution in [1.82, 2.24) is 0 Å². The molecule has 0 atom stereocenters. The van der Waals surface area contributed by atoms with Crippen LogP contribution in [0.3, 0.4) is 0 Å². The number of hydrogen-bond donors (Lipinski definition) is 0. The van der Waals surface area contributed by atoms with Gasteiger partial charge in [-0.15, -0.1) is 6.58 Å². The summed E-state index contributed by atoms with van der Waals surface area (Å²) < 4.78 is 34.4. The lowest BCUT2D eigenvalue weighted by Crippen LogP contribution is -2.25. The quantitative estimate of drug-likeness (QED) is 0.298. The van der Waals surface area contributed by atoms with Crippen LogP contribution >= 0.6 is 0 Å². The maximum Gasteiger partial charge on any atom is 0.200 e. The Balaban J connectivity index is 1.50. The van der Waals surface area contributed by atoms with Crippen molar-refractivity contribution in [3.05, 3.63) is 42.0 Å². The van der Waals surface area contributed by atoms with Gasteiger partial charge in [0.1, 0.15) is 0 Å². The fourth-order valence-electron chi connectivity index (χ4n) is 5.57. The third kappa shape index (κ3) is 5.83. The summed E-state index contributed by atoms with van der Waals surface area (Å²) in [6, 6.07) is 3.34. The normalized spacial score (nSPS) is 27.6. The molecule has 1 aromatic rings. The minimum atomic E-state index is -0.834. The van der Waals surface area contributed by atoms with Gasteiger partial charge in [0.05, 0.1) is 6.61 Å². The lowest BCUT2D eigenvalue weighted by Gasteiger charge is -2.38. The molecule has 0 aromatic heterocycles. The molecule has 2 fully saturated rings. The molecule has 29 heavy (non-hydrogen) atoms. The van der Waals surface area contributed by atoms with Gasteiger partial charge in [0.25, 0.3) is 0 Å². The second kappa shape index (κ2) is 11.1. The molecule has 0 N–H and O–H groups in total. The highest BCUT2D eigenvalue weighted by atomic mass is 19.2. The van der Waals surface area contributed by atoms with Gasteiger partial charge in [-0.2, -0.15) is 4.39 Å². The van der Waals surface area contributed by atoms with E-state index in [1.54, 1.807) is 18.2 Å². The SMILES string of the molecule is C=CCCOc1ccc(C2CCC(C3CCC(CCCC)CC3)CC2)c(F)c1F. The summed E-state index contributed by atoms with van der Waals surface area (Å²) in [5, 5.41) is 0. The molecule has 3 rings (SSSR count). The van der Waals surface area contributed by atoms with Crippen molar-refractivity contribution in [3.63, 3.8) is 0 Å². The Labute approximate surface area is 175 Å². The van der Waals surface area contributed by atoms with E-state index in [9.17, 15) is 8.78 Å². The highest BCUT2D eigenvalue weighted by molar-refractivity contribution is 5.33. The van der Waals surface area contributed by atoms with Crippen molar-refractivity contribution < 1.29 is 13.5 Å². The van der Waals surface area contributed by atoms with E-state index in [4.69, 9.17) is 4.74 Å². The predicted molar refractivity (Wildman–Crippen MR) is 116 cm³/mol. The standard InChI is InChI=1S/C26H38F2O/c1-3-5-7-19-8-10-20(11-9-19)21-12-14-22(15-13-21)23-16-17-24(26(28)25(23)27)29-18-6-4-2/h4,16-17,19-22H,2-3,5-15,18H2,1H3. The maximum absolute atomic E-state index is 14.7. The minimum Gasteiger partial charge on any atom is -0.490 e. The fraction of sp³-hybridized carbons (Fsp3) is 0.692. The third-order valence-electron chi connectivity index (χ3n) is 7.39. The molecule has 0 saturated heterocycles. The Morgan fingerprint density at radius 3 is 2.24 bits per heavy atom. The molecular weight excluding hydrogens is 366 g/mol. The van der Waals surface area contributed by atoms with Crippen molar-refractivity contribution in [1.29, 1.82) is 0 Å². The molecule has 0 heterocycles. The molecule has 0 unspecified atom stereocenters. The van der Waals surface area contributed by atoms with Crippen molar-refractivity contribution >= 4 is 0 Å². The number of unbranched alkanes of at least 4 members (excludes halogenated alkanes) is 1. The lowest BCUT2D eigenvalue weighted by molar-refractivity contribution is 0.155. The van der Waals surface area contributed by atoms with Crippen LogP contribution in [-0.4, -0.2) is 6.61 Å². The Kier molecular flexibility index (Phi) is 8.56. The smallest absolute Gasteiger partial charge is 0.200 e. The molecule has 0 bridgehead atoms. The van der Waals surface area contributed by atoms with Gasteiger partial charge in [0.2, 0.25) is 5.82 Å². The molecular formula is C26H38F2O. The lowest BCUT2D eigenvalue weighted by atomic mass is 9.68. The van der Waals surface area contributed by atoms with E-state index in [-0.39, 0.29) is 11.7 Å². The molecule has 1 aromatic carbocycles. The van der Waals surface area contributed by atoms with Crippen molar-refractivity contribution in [2.45, 2.75) is 89.9 Å². The summed E-state index contributed by atoms with van der Waals surface area (Å²) >= 11 is 0. The monoisotopic (exact) mass is 404 g/mol. The van der Waals surface area contributed by atoms with Crippen molar-refractivity contribution in [3.8, 4) is 5.75 Å².